The number of amides is 1. The first kappa shape index (κ1) is 19.7. The highest BCUT2D eigenvalue weighted by atomic mass is 35.5. The zero-order valence-corrected chi connectivity index (χ0v) is 15.8. The molecule has 0 bridgehead atoms. The number of benzene rings is 2. The molecule has 0 fully saturated rings. The van der Waals surface area contributed by atoms with Gasteiger partial charge in [-0.1, -0.05) is 11.6 Å². The Bertz CT molecular complexity index is 759. The monoisotopic (exact) mass is 375 g/mol. The average molecular weight is 376 g/mol. The summed E-state index contributed by atoms with van der Waals surface area (Å²) in [6.07, 6.45) is 3.23. The SMILES string of the molecule is COc1ccc(/C=C/C(=O)N(C)CCOc2ccc(Cl)cc2)c(OC)c1. The van der Waals surface area contributed by atoms with Gasteiger partial charge in [0.2, 0.25) is 5.91 Å². The van der Waals surface area contributed by atoms with Crippen LogP contribution in [-0.2, 0) is 4.79 Å². The van der Waals surface area contributed by atoms with Crippen LogP contribution in [0.2, 0.25) is 5.02 Å². The second kappa shape index (κ2) is 9.73. The number of hydrogen-bond acceptors (Lipinski definition) is 4. The molecule has 0 aliphatic heterocycles. The summed E-state index contributed by atoms with van der Waals surface area (Å²) in [6.45, 7) is 0.856. The number of halogens is 1. The molecule has 2 aromatic carbocycles. The van der Waals surface area contributed by atoms with E-state index in [1.54, 1.807) is 62.6 Å². The van der Waals surface area contributed by atoms with Gasteiger partial charge in [-0.2, -0.15) is 0 Å². The molecule has 0 aliphatic carbocycles. The van der Waals surface area contributed by atoms with E-state index in [0.29, 0.717) is 35.4 Å². The van der Waals surface area contributed by atoms with Crippen molar-refractivity contribution >= 4 is 23.6 Å². The summed E-state index contributed by atoms with van der Waals surface area (Å²) in [5.74, 6) is 1.93. The van der Waals surface area contributed by atoms with Crippen LogP contribution < -0.4 is 14.2 Å². The maximum Gasteiger partial charge on any atom is 0.246 e. The number of rotatable bonds is 8. The fraction of sp³-hybridized carbons (Fsp3) is 0.250. The summed E-state index contributed by atoms with van der Waals surface area (Å²) in [4.78, 5) is 13.8. The van der Waals surface area contributed by atoms with Crippen molar-refractivity contribution in [3.05, 3.63) is 59.1 Å². The third-order valence-electron chi connectivity index (χ3n) is 3.73. The Labute approximate surface area is 158 Å². The van der Waals surface area contributed by atoms with Crippen LogP contribution >= 0.6 is 11.6 Å². The second-order valence-corrected chi connectivity index (χ2v) is 5.94. The largest absolute Gasteiger partial charge is 0.497 e. The highest BCUT2D eigenvalue weighted by molar-refractivity contribution is 6.30. The first-order valence-electron chi connectivity index (χ1n) is 8.07. The molecule has 0 aromatic heterocycles. The number of likely N-dealkylation sites (N-methyl/N-ethyl adjacent to an activating group) is 1. The molecule has 0 radical (unpaired) electrons. The Morgan fingerprint density at radius 1 is 1.08 bits per heavy atom. The van der Waals surface area contributed by atoms with E-state index in [4.69, 9.17) is 25.8 Å². The van der Waals surface area contributed by atoms with E-state index in [1.807, 2.05) is 12.1 Å². The average Bonchev–Trinajstić information content (AvgIpc) is 2.67. The lowest BCUT2D eigenvalue weighted by Crippen LogP contribution is -2.29. The fourth-order valence-corrected chi connectivity index (χ4v) is 2.31. The van der Waals surface area contributed by atoms with E-state index < -0.39 is 0 Å². The van der Waals surface area contributed by atoms with Gasteiger partial charge >= 0.3 is 0 Å². The molecule has 2 rings (SSSR count). The molecule has 0 N–H and O–H groups in total. The summed E-state index contributed by atoms with van der Waals surface area (Å²) < 4.78 is 16.1. The van der Waals surface area contributed by atoms with Crippen molar-refractivity contribution in [2.75, 3.05) is 34.4 Å². The van der Waals surface area contributed by atoms with Gasteiger partial charge in [-0.05, 0) is 42.5 Å². The third kappa shape index (κ3) is 5.70. The maximum atomic E-state index is 12.2. The summed E-state index contributed by atoms with van der Waals surface area (Å²) in [5.41, 5.74) is 0.799. The minimum absolute atomic E-state index is 0.123. The molecular formula is C20H22ClNO4. The van der Waals surface area contributed by atoms with Crippen molar-refractivity contribution in [3.8, 4) is 17.2 Å². The molecule has 6 heteroatoms. The normalized spacial score (nSPS) is 10.6. The van der Waals surface area contributed by atoms with Gasteiger partial charge in [0, 0.05) is 29.8 Å². The van der Waals surface area contributed by atoms with Crippen molar-refractivity contribution in [1.29, 1.82) is 0 Å². The zero-order valence-electron chi connectivity index (χ0n) is 15.1. The van der Waals surface area contributed by atoms with Crippen LogP contribution in [0, 0.1) is 0 Å². The number of ether oxygens (including phenoxy) is 3. The number of carbonyl (C=O) groups is 1. The highest BCUT2D eigenvalue weighted by Crippen LogP contribution is 2.25. The molecule has 0 spiro atoms. The van der Waals surface area contributed by atoms with Crippen molar-refractivity contribution in [2.45, 2.75) is 0 Å². The van der Waals surface area contributed by atoms with Crippen molar-refractivity contribution in [3.63, 3.8) is 0 Å². The topological polar surface area (TPSA) is 48.0 Å². The van der Waals surface area contributed by atoms with Gasteiger partial charge in [-0.15, -0.1) is 0 Å². The van der Waals surface area contributed by atoms with E-state index >= 15 is 0 Å². The molecular weight excluding hydrogens is 354 g/mol. The first-order valence-corrected chi connectivity index (χ1v) is 8.45. The van der Waals surface area contributed by atoms with Crippen molar-refractivity contribution in [2.24, 2.45) is 0 Å². The molecule has 0 aliphatic rings. The summed E-state index contributed by atoms with van der Waals surface area (Å²) >= 11 is 5.83. The predicted octanol–water partition coefficient (Wildman–Crippen LogP) is 3.91. The lowest BCUT2D eigenvalue weighted by atomic mass is 10.1. The Morgan fingerprint density at radius 2 is 1.77 bits per heavy atom. The number of hydrogen-bond donors (Lipinski definition) is 0. The molecule has 138 valence electrons. The minimum Gasteiger partial charge on any atom is -0.497 e. The van der Waals surface area contributed by atoms with Gasteiger partial charge < -0.3 is 19.1 Å². The van der Waals surface area contributed by atoms with Crippen molar-refractivity contribution in [1.82, 2.24) is 4.90 Å². The standard InChI is InChI=1S/C20H22ClNO4/c1-22(12-13-26-17-9-6-16(21)7-10-17)20(23)11-5-15-4-8-18(24-2)14-19(15)25-3/h4-11,14H,12-13H2,1-3H3/b11-5+. The van der Waals surface area contributed by atoms with E-state index in [-0.39, 0.29) is 5.91 Å². The van der Waals surface area contributed by atoms with Gasteiger partial charge in [0.05, 0.1) is 20.8 Å². The van der Waals surface area contributed by atoms with Crippen molar-refractivity contribution < 1.29 is 19.0 Å². The molecule has 1 amide bonds. The lowest BCUT2D eigenvalue weighted by molar-refractivity contribution is -0.125. The van der Waals surface area contributed by atoms with E-state index in [9.17, 15) is 4.79 Å². The van der Waals surface area contributed by atoms with Crippen LogP contribution in [0.15, 0.2) is 48.5 Å². The maximum absolute atomic E-state index is 12.2. The number of carbonyl (C=O) groups excluding carboxylic acids is 1. The van der Waals surface area contributed by atoms with Gasteiger partial charge in [0.15, 0.2) is 0 Å². The molecule has 0 heterocycles. The fourth-order valence-electron chi connectivity index (χ4n) is 2.19. The van der Waals surface area contributed by atoms with Gasteiger partial charge in [0.1, 0.15) is 23.9 Å². The van der Waals surface area contributed by atoms with E-state index in [0.717, 1.165) is 5.56 Å². The number of methoxy groups -OCH3 is 2. The predicted molar refractivity (Wildman–Crippen MR) is 103 cm³/mol. The zero-order chi connectivity index (χ0) is 18.9. The van der Waals surface area contributed by atoms with Crippen LogP contribution in [-0.4, -0.2) is 45.2 Å². The Kier molecular flexibility index (Phi) is 7.36. The quantitative estimate of drug-likeness (QED) is 0.656. The summed E-state index contributed by atoms with van der Waals surface area (Å²) in [7, 11) is 4.90. The van der Waals surface area contributed by atoms with Crippen LogP contribution in [0.5, 0.6) is 17.2 Å². The molecule has 0 unspecified atom stereocenters. The van der Waals surface area contributed by atoms with Gasteiger partial charge in [0.25, 0.3) is 0 Å². The number of nitrogens with zero attached hydrogens (tertiary/aromatic N) is 1. The molecule has 5 nitrogen and oxygen atoms in total. The van der Waals surface area contributed by atoms with Crippen LogP contribution in [0.4, 0.5) is 0 Å². The smallest absolute Gasteiger partial charge is 0.246 e. The Morgan fingerprint density at radius 3 is 2.42 bits per heavy atom. The van der Waals surface area contributed by atoms with Crippen LogP contribution in [0.1, 0.15) is 5.56 Å². The molecule has 0 atom stereocenters. The molecule has 2 aromatic rings. The highest BCUT2D eigenvalue weighted by Gasteiger charge is 2.07. The molecule has 26 heavy (non-hydrogen) atoms. The summed E-state index contributed by atoms with van der Waals surface area (Å²) in [5, 5.41) is 0.656. The van der Waals surface area contributed by atoms with E-state index in [1.165, 1.54) is 6.08 Å². The van der Waals surface area contributed by atoms with Gasteiger partial charge in [-0.3, -0.25) is 4.79 Å². The van der Waals surface area contributed by atoms with E-state index in [2.05, 4.69) is 0 Å². The second-order valence-electron chi connectivity index (χ2n) is 5.50. The van der Waals surface area contributed by atoms with Crippen LogP contribution in [0.25, 0.3) is 6.08 Å². The Balaban J connectivity index is 1.88. The van der Waals surface area contributed by atoms with Crippen LogP contribution in [0.3, 0.4) is 0 Å². The third-order valence-corrected chi connectivity index (χ3v) is 3.98. The first-order chi connectivity index (χ1) is 12.5. The van der Waals surface area contributed by atoms with Gasteiger partial charge in [-0.25, -0.2) is 0 Å². The summed E-state index contributed by atoms with van der Waals surface area (Å²) in [6, 6.07) is 12.5. The Hall–Kier alpha value is -2.66. The molecule has 0 saturated heterocycles. The minimum atomic E-state index is -0.123. The molecule has 0 saturated carbocycles. The lowest BCUT2D eigenvalue weighted by Gasteiger charge is -2.15.